The zero-order valence-electron chi connectivity index (χ0n) is 24.6. The van der Waals surface area contributed by atoms with Crippen LogP contribution in [0, 0.1) is 6.92 Å². The zero-order chi connectivity index (χ0) is 30.8. The molecule has 0 aliphatic rings. The molecule has 0 radical (unpaired) electrons. The first kappa shape index (κ1) is 31.3. The van der Waals surface area contributed by atoms with Crippen LogP contribution in [-0.4, -0.2) is 51.4 Å². The number of para-hydroxylation sites is 1. The maximum absolute atomic E-state index is 14.3. The molecule has 0 aliphatic carbocycles. The first-order valence-corrected chi connectivity index (χ1v) is 15.6. The topological polar surface area (TPSA) is 96.0 Å². The van der Waals surface area contributed by atoms with Crippen molar-refractivity contribution in [1.82, 2.24) is 10.2 Å². The van der Waals surface area contributed by atoms with Crippen LogP contribution in [0.5, 0.6) is 5.75 Å². The number of nitrogens with zero attached hydrogens (tertiary/aromatic N) is 2. The van der Waals surface area contributed by atoms with Gasteiger partial charge in [0.05, 0.1) is 17.2 Å². The van der Waals surface area contributed by atoms with Crippen LogP contribution in [0.15, 0.2) is 114 Å². The molecule has 8 nitrogen and oxygen atoms in total. The van der Waals surface area contributed by atoms with Crippen LogP contribution in [0.1, 0.15) is 23.6 Å². The van der Waals surface area contributed by atoms with E-state index in [1.165, 1.54) is 24.1 Å². The summed E-state index contributed by atoms with van der Waals surface area (Å²) < 4.78 is 34.7. The fourth-order valence-electron chi connectivity index (χ4n) is 4.74. The van der Waals surface area contributed by atoms with E-state index in [4.69, 9.17) is 4.74 Å². The fraction of sp³-hybridized carbons (Fsp3) is 0.235. The number of hydrogen-bond acceptors (Lipinski definition) is 5. The van der Waals surface area contributed by atoms with Gasteiger partial charge < -0.3 is 15.0 Å². The van der Waals surface area contributed by atoms with Crippen LogP contribution in [0.25, 0.3) is 0 Å². The van der Waals surface area contributed by atoms with Crippen molar-refractivity contribution >= 4 is 27.5 Å². The van der Waals surface area contributed by atoms with Gasteiger partial charge in [-0.25, -0.2) is 8.42 Å². The van der Waals surface area contributed by atoms with Crippen molar-refractivity contribution in [3.05, 3.63) is 126 Å². The lowest BCUT2D eigenvalue weighted by atomic mass is 10.0. The largest absolute Gasteiger partial charge is 0.494 e. The number of anilines is 1. The summed E-state index contributed by atoms with van der Waals surface area (Å²) in [5.41, 5.74) is 3.09. The molecule has 0 saturated carbocycles. The van der Waals surface area contributed by atoms with Crippen molar-refractivity contribution in [2.24, 2.45) is 0 Å². The summed E-state index contributed by atoms with van der Waals surface area (Å²) in [7, 11) is -2.64. The molecule has 4 rings (SSSR count). The monoisotopic (exact) mass is 599 g/mol. The Balaban J connectivity index is 1.75. The first-order valence-electron chi connectivity index (χ1n) is 14.1. The number of sulfonamides is 1. The minimum atomic E-state index is -4.17. The van der Waals surface area contributed by atoms with Gasteiger partial charge in [0, 0.05) is 20.0 Å². The molecule has 0 saturated heterocycles. The van der Waals surface area contributed by atoms with Gasteiger partial charge in [-0.1, -0.05) is 78.4 Å². The van der Waals surface area contributed by atoms with Gasteiger partial charge in [0.1, 0.15) is 18.3 Å². The molecular formula is C34H37N3O5S. The Morgan fingerprint density at radius 3 is 2.00 bits per heavy atom. The third kappa shape index (κ3) is 8.02. The highest BCUT2D eigenvalue weighted by atomic mass is 32.2. The van der Waals surface area contributed by atoms with E-state index in [0.29, 0.717) is 18.0 Å². The van der Waals surface area contributed by atoms with E-state index < -0.39 is 28.5 Å². The third-order valence-electron chi connectivity index (χ3n) is 7.04. The summed E-state index contributed by atoms with van der Waals surface area (Å²) in [6.45, 7) is 3.88. The number of aryl methyl sites for hydroxylation is 1. The lowest BCUT2D eigenvalue weighted by Gasteiger charge is -2.33. The molecule has 0 aromatic heterocycles. The van der Waals surface area contributed by atoms with Gasteiger partial charge in [0.2, 0.25) is 11.8 Å². The number of ether oxygens (including phenoxy) is 1. The molecule has 224 valence electrons. The maximum atomic E-state index is 14.3. The van der Waals surface area contributed by atoms with E-state index in [2.05, 4.69) is 5.32 Å². The molecule has 0 aliphatic heterocycles. The van der Waals surface area contributed by atoms with Crippen molar-refractivity contribution in [1.29, 1.82) is 0 Å². The Hall–Kier alpha value is -4.63. The van der Waals surface area contributed by atoms with Crippen molar-refractivity contribution in [2.75, 3.05) is 24.5 Å². The third-order valence-corrected chi connectivity index (χ3v) is 8.82. The number of amides is 2. The summed E-state index contributed by atoms with van der Waals surface area (Å²) in [4.78, 5) is 29.1. The van der Waals surface area contributed by atoms with Crippen molar-refractivity contribution in [3.8, 4) is 5.75 Å². The molecule has 1 atom stereocenters. The predicted octanol–water partition coefficient (Wildman–Crippen LogP) is 4.98. The number of likely N-dealkylation sites (N-methyl/N-ethyl adjacent to an activating group) is 1. The fourth-order valence-corrected chi connectivity index (χ4v) is 6.15. The Kier molecular flexibility index (Phi) is 10.6. The van der Waals surface area contributed by atoms with E-state index in [1.54, 1.807) is 42.5 Å². The summed E-state index contributed by atoms with van der Waals surface area (Å²) in [6, 6.07) is 30.9. The van der Waals surface area contributed by atoms with Gasteiger partial charge in [-0.05, 0) is 61.4 Å². The molecule has 0 heterocycles. The summed E-state index contributed by atoms with van der Waals surface area (Å²) >= 11 is 0. The number of carbonyl (C=O) groups is 2. The average Bonchev–Trinajstić information content (AvgIpc) is 3.03. The Labute approximate surface area is 254 Å². The SMILES string of the molecule is CCOc1ccc(S(=O)(=O)N(CC(=O)N(Cc2ccc(C)cc2)[C@H](Cc2ccccc2)C(=O)NC)c2ccccc2)cc1. The highest BCUT2D eigenvalue weighted by molar-refractivity contribution is 7.92. The molecule has 9 heteroatoms. The Bertz CT molecular complexity index is 1590. The summed E-state index contributed by atoms with van der Waals surface area (Å²) in [5.74, 6) is -0.309. The number of hydrogen-bond donors (Lipinski definition) is 1. The second-order valence-electron chi connectivity index (χ2n) is 10.1. The molecule has 1 N–H and O–H groups in total. The minimum Gasteiger partial charge on any atom is -0.494 e. The molecule has 4 aromatic carbocycles. The van der Waals surface area contributed by atoms with Crippen molar-refractivity contribution in [3.63, 3.8) is 0 Å². The van der Waals surface area contributed by atoms with Gasteiger partial charge in [-0.2, -0.15) is 0 Å². The van der Waals surface area contributed by atoms with Gasteiger partial charge >= 0.3 is 0 Å². The summed E-state index contributed by atoms with van der Waals surface area (Å²) in [5, 5.41) is 2.70. The van der Waals surface area contributed by atoms with Crippen LogP contribution < -0.4 is 14.4 Å². The van der Waals surface area contributed by atoms with Gasteiger partial charge in [0.15, 0.2) is 0 Å². The molecular weight excluding hydrogens is 562 g/mol. The molecule has 0 fully saturated rings. The van der Waals surface area contributed by atoms with E-state index in [0.717, 1.165) is 21.0 Å². The zero-order valence-corrected chi connectivity index (χ0v) is 25.5. The lowest BCUT2D eigenvalue weighted by Crippen LogP contribution is -2.53. The maximum Gasteiger partial charge on any atom is 0.264 e. The second-order valence-corrected chi connectivity index (χ2v) is 11.9. The molecule has 4 aromatic rings. The average molecular weight is 600 g/mol. The highest BCUT2D eigenvalue weighted by Gasteiger charge is 2.34. The number of rotatable bonds is 13. The smallest absolute Gasteiger partial charge is 0.264 e. The predicted molar refractivity (Wildman–Crippen MR) is 168 cm³/mol. The number of nitrogens with one attached hydrogen (secondary N) is 1. The van der Waals surface area contributed by atoms with Crippen molar-refractivity contribution in [2.45, 2.75) is 37.8 Å². The molecule has 0 bridgehead atoms. The molecule has 0 spiro atoms. The number of benzene rings is 4. The summed E-state index contributed by atoms with van der Waals surface area (Å²) in [6.07, 6.45) is 0.259. The minimum absolute atomic E-state index is 0.0184. The van der Waals surface area contributed by atoms with Gasteiger partial charge in [-0.15, -0.1) is 0 Å². The Morgan fingerprint density at radius 1 is 0.814 bits per heavy atom. The van der Waals surface area contributed by atoms with E-state index in [-0.39, 0.29) is 23.8 Å². The number of carbonyl (C=O) groups excluding carboxylic acids is 2. The van der Waals surface area contributed by atoms with Crippen molar-refractivity contribution < 1.29 is 22.7 Å². The Morgan fingerprint density at radius 2 is 1.42 bits per heavy atom. The van der Waals surface area contributed by atoms with Crippen LogP contribution in [0.2, 0.25) is 0 Å². The second kappa shape index (κ2) is 14.5. The lowest BCUT2D eigenvalue weighted by molar-refractivity contribution is -0.139. The van der Waals surface area contributed by atoms with Gasteiger partial charge in [0.25, 0.3) is 10.0 Å². The molecule has 43 heavy (non-hydrogen) atoms. The van der Waals surface area contributed by atoms with Gasteiger partial charge in [-0.3, -0.25) is 13.9 Å². The van der Waals surface area contributed by atoms with Crippen LogP contribution in [0.3, 0.4) is 0 Å². The molecule has 0 unspecified atom stereocenters. The van der Waals surface area contributed by atoms with E-state index in [9.17, 15) is 18.0 Å². The first-order chi connectivity index (χ1) is 20.7. The van der Waals surface area contributed by atoms with Crippen LogP contribution in [-0.2, 0) is 32.6 Å². The molecule has 2 amide bonds. The standard InChI is InChI=1S/C34H37N3O5S/c1-4-42-30-19-21-31(22-20-30)43(40,41)37(29-13-9-6-10-14-29)25-33(38)36(24-28-17-15-26(2)16-18-28)32(34(39)35-3)23-27-11-7-5-8-12-27/h5-22,32H,4,23-25H2,1-3H3,(H,35,39)/t32-/m1/s1. The van der Waals surface area contributed by atoms with E-state index in [1.807, 2.05) is 68.4 Å². The van der Waals surface area contributed by atoms with Crippen LogP contribution >= 0.6 is 0 Å². The normalized spacial score (nSPS) is 11.8. The van der Waals surface area contributed by atoms with Crippen LogP contribution in [0.4, 0.5) is 5.69 Å². The quantitative estimate of drug-likeness (QED) is 0.234. The highest BCUT2D eigenvalue weighted by Crippen LogP contribution is 2.26. The van der Waals surface area contributed by atoms with E-state index >= 15 is 0 Å².